The molecule has 0 aliphatic carbocycles. The molecule has 3 nitrogen and oxygen atoms in total. The molecule has 0 bridgehead atoms. The van der Waals surface area contributed by atoms with E-state index in [9.17, 15) is 8.42 Å². The highest BCUT2D eigenvalue weighted by molar-refractivity contribution is 9.10. The third kappa shape index (κ3) is 2.62. The van der Waals surface area contributed by atoms with Crippen LogP contribution in [0.3, 0.4) is 0 Å². The topological polar surface area (TPSA) is 47.0 Å². The monoisotopic (exact) mass is 325 g/mol. The van der Waals surface area contributed by atoms with Crippen molar-refractivity contribution in [3.63, 3.8) is 0 Å². The Bertz CT molecular complexity index is 682. The number of aromatic nitrogens is 1. The summed E-state index contributed by atoms with van der Waals surface area (Å²) in [6.45, 7) is 1.87. The molecule has 2 aromatic rings. The van der Waals surface area contributed by atoms with Gasteiger partial charge in [-0.1, -0.05) is 6.07 Å². The third-order valence-corrected chi connectivity index (χ3v) is 4.76. The molecule has 0 aliphatic rings. The van der Waals surface area contributed by atoms with Crippen LogP contribution in [0.15, 0.2) is 45.9 Å². The second-order valence-electron chi connectivity index (χ2n) is 4.11. The minimum Gasteiger partial charge on any atom is -0.256 e. The molecule has 0 radical (unpaired) electrons. The Labute approximate surface area is 115 Å². The molecule has 2 rings (SSSR count). The lowest BCUT2D eigenvalue weighted by molar-refractivity contribution is 0.601. The first-order valence-electron chi connectivity index (χ1n) is 5.31. The summed E-state index contributed by atoms with van der Waals surface area (Å²) in [5.41, 5.74) is 2.42. The first-order valence-corrected chi connectivity index (χ1v) is 7.99. The van der Waals surface area contributed by atoms with Gasteiger partial charge in [-0.3, -0.25) is 4.98 Å². The number of sulfone groups is 1. The fourth-order valence-electron chi connectivity index (χ4n) is 1.71. The highest BCUT2D eigenvalue weighted by Gasteiger charge is 2.17. The van der Waals surface area contributed by atoms with E-state index in [-0.39, 0.29) is 0 Å². The van der Waals surface area contributed by atoms with Gasteiger partial charge in [-0.2, -0.15) is 0 Å². The largest absolute Gasteiger partial charge is 0.256 e. The Hall–Kier alpha value is -1.20. The highest BCUT2D eigenvalue weighted by Crippen LogP contribution is 2.33. The molecule has 0 N–H and O–H groups in total. The summed E-state index contributed by atoms with van der Waals surface area (Å²) in [6.07, 6.45) is 2.89. The number of rotatable bonds is 2. The molecular formula is C13H12BrNO2S. The summed E-state index contributed by atoms with van der Waals surface area (Å²) in [4.78, 5) is 4.54. The molecule has 1 aromatic heterocycles. The molecule has 0 spiro atoms. The van der Waals surface area contributed by atoms with E-state index in [2.05, 4.69) is 20.9 Å². The molecule has 5 heteroatoms. The van der Waals surface area contributed by atoms with Crippen molar-refractivity contribution in [2.45, 2.75) is 11.8 Å². The molecule has 94 valence electrons. The number of hydrogen-bond donors (Lipinski definition) is 0. The summed E-state index contributed by atoms with van der Waals surface area (Å²) < 4.78 is 24.0. The van der Waals surface area contributed by atoms with Crippen LogP contribution >= 0.6 is 15.9 Å². The molecule has 1 heterocycles. The van der Waals surface area contributed by atoms with E-state index in [1.807, 2.05) is 31.2 Å². The number of aryl methyl sites for hydroxylation is 1. The SMILES string of the molecule is Cc1cc(-c2ccccn2)c(Br)c(S(C)(=O)=O)c1. The standard InChI is InChI=1S/C13H12BrNO2S/c1-9-7-10(11-5-3-4-6-15-11)13(14)12(8-9)18(2,16)17/h3-8H,1-2H3. The van der Waals surface area contributed by atoms with Crippen LogP contribution in [-0.4, -0.2) is 19.7 Å². The summed E-state index contributed by atoms with van der Waals surface area (Å²) in [5, 5.41) is 0. The van der Waals surface area contributed by atoms with E-state index in [1.54, 1.807) is 12.3 Å². The minimum atomic E-state index is -3.26. The van der Waals surface area contributed by atoms with Crippen LogP contribution in [0.25, 0.3) is 11.3 Å². The molecule has 0 fully saturated rings. The van der Waals surface area contributed by atoms with Crippen LogP contribution in [0.4, 0.5) is 0 Å². The van der Waals surface area contributed by atoms with E-state index < -0.39 is 9.84 Å². The zero-order valence-corrected chi connectivity index (χ0v) is 12.4. The Morgan fingerprint density at radius 1 is 1.22 bits per heavy atom. The maximum Gasteiger partial charge on any atom is 0.176 e. The number of benzene rings is 1. The van der Waals surface area contributed by atoms with Crippen molar-refractivity contribution in [1.29, 1.82) is 0 Å². The predicted molar refractivity (Wildman–Crippen MR) is 75.2 cm³/mol. The molecule has 0 unspecified atom stereocenters. The zero-order valence-electron chi connectivity index (χ0n) is 10.0. The normalized spacial score (nSPS) is 11.5. The fraction of sp³-hybridized carbons (Fsp3) is 0.154. The van der Waals surface area contributed by atoms with Crippen molar-refractivity contribution in [3.8, 4) is 11.3 Å². The maximum absolute atomic E-state index is 11.7. The van der Waals surface area contributed by atoms with Crippen molar-refractivity contribution >= 4 is 25.8 Å². The fourth-order valence-corrected chi connectivity index (χ4v) is 3.86. The summed E-state index contributed by atoms with van der Waals surface area (Å²) in [5.74, 6) is 0. The molecule has 1 aromatic carbocycles. The second-order valence-corrected chi connectivity index (χ2v) is 6.89. The second kappa shape index (κ2) is 4.82. The van der Waals surface area contributed by atoms with Gasteiger partial charge in [-0.15, -0.1) is 0 Å². The van der Waals surface area contributed by atoms with Crippen molar-refractivity contribution < 1.29 is 8.42 Å². The van der Waals surface area contributed by atoms with E-state index in [0.717, 1.165) is 16.8 Å². The first-order chi connectivity index (χ1) is 8.39. The van der Waals surface area contributed by atoms with Gasteiger partial charge in [-0.05, 0) is 52.7 Å². The Morgan fingerprint density at radius 2 is 1.94 bits per heavy atom. The van der Waals surface area contributed by atoms with Gasteiger partial charge in [0.05, 0.1) is 10.6 Å². The minimum absolute atomic E-state index is 0.295. The van der Waals surface area contributed by atoms with Gasteiger partial charge in [0.15, 0.2) is 9.84 Å². The zero-order chi connectivity index (χ0) is 13.3. The van der Waals surface area contributed by atoms with Crippen LogP contribution in [0.2, 0.25) is 0 Å². The van der Waals surface area contributed by atoms with Gasteiger partial charge in [0.2, 0.25) is 0 Å². The quantitative estimate of drug-likeness (QED) is 0.851. The lowest BCUT2D eigenvalue weighted by Crippen LogP contribution is -2.00. The lowest BCUT2D eigenvalue weighted by atomic mass is 10.1. The molecule has 0 aliphatic heterocycles. The Morgan fingerprint density at radius 3 is 2.50 bits per heavy atom. The van der Waals surface area contributed by atoms with Crippen LogP contribution in [0.5, 0.6) is 0 Å². The van der Waals surface area contributed by atoms with Crippen LogP contribution in [0, 0.1) is 6.92 Å². The summed E-state index contributed by atoms with van der Waals surface area (Å²) >= 11 is 3.37. The van der Waals surface area contributed by atoms with E-state index in [1.165, 1.54) is 6.26 Å². The van der Waals surface area contributed by atoms with Crippen LogP contribution in [-0.2, 0) is 9.84 Å². The molecule has 0 saturated heterocycles. The summed E-state index contributed by atoms with van der Waals surface area (Å²) in [7, 11) is -3.26. The van der Waals surface area contributed by atoms with Crippen LogP contribution in [0.1, 0.15) is 5.56 Å². The molecule has 0 amide bonds. The smallest absolute Gasteiger partial charge is 0.176 e. The average Bonchev–Trinajstić information content (AvgIpc) is 2.31. The molecular weight excluding hydrogens is 314 g/mol. The molecule has 18 heavy (non-hydrogen) atoms. The summed E-state index contributed by atoms with van der Waals surface area (Å²) in [6, 6.07) is 9.13. The number of hydrogen-bond acceptors (Lipinski definition) is 3. The highest BCUT2D eigenvalue weighted by atomic mass is 79.9. The lowest BCUT2D eigenvalue weighted by Gasteiger charge is -2.10. The van der Waals surface area contributed by atoms with Crippen molar-refractivity contribution in [1.82, 2.24) is 4.98 Å². The molecule has 0 atom stereocenters. The van der Waals surface area contributed by atoms with Crippen LogP contribution < -0.4 is 0 Å². The third-order valence-electron chi connectivity index (χ3n) is 2.52. The average molecular weight is 326 g/mol. The van der Waals surface area contributed by atoms with Gasteiger partial charge in [0.25, 0.3) is 0 Å². The van der Waals surface area contributed by atoms with E-state index in [4.69, 9.17) is 0 Å². The number of pyridine rings is 1. The Balaban J connectivity index is 2.75. The van der Waals surface area contributed by atoms with E-state index in [0.29, 0.717) is 9.37 Å². The van der Waals surface area contributed by atoms with Gasteiger partial charge in [0.1, 0.15) is 0 Å². The first kappa shape index (κ1) is 13.2. The Kier molecular flexibility index (Phi) is 3.54. The maximum atomic E-state index is 11.7. The number of nitrogens with zero attached hydrogens (tertiary/aromatic N) is 1. The van der Waals surface area contributed by atoms with Crippen molar-refractivity contribution in [2.75, 3.05) is 6.26 Å². The predicted octanol–water partition coefficient (Wildman–Crippen LogP) is 3.22. The van der Waals surface area contributed by atoms with Gasteiger partial charge in [0, 0.05) is 22.5 Å². The number of halogens is 1. The van der Waals surface area contributed by atoms with Gasteiger partial charge < -0.3 is 0 Å². The van der Waals surface area contributed by atoms with Crippen molar-refractivity contribution in [2.24, 2.45) is 0 Å². The van der Waals surface area contributed by atoms with Gasteiger partial charge >= 0.3 is 0 Å². The van der Waals surface area contributed by atoms with Crippen molar-refractivity contribution in [3.05, 3.63) is 46.6 Å². The van der Waals surface area contributed by atoms with E-state index >= 15 is 0 Å². The molecule has 0 saturated carbocycles. The van der Waals surface area contributed by atoms with Gasteiger partial charge in [-0.25, -0.2) is 8.42 Å².